The predicted molar refractivity (Wildman–Crippen MR) is 94.4 cm³/mol. The molecule has 1 amide bonds. The van der Waals surface area contributed by atoms with Crippen molar-refractivity contribution in [3.63, 3.8) is 0 Å². The van der Waals surface area contributed by atoms with E-state index in [2.05, 4.69) is 10.4 Å². The van der Waals surface area contributed by atoms with Gasteiger partial charge in [-0.2, -0.15) is 5.10 Å². The number of rotatable bonds is 6. The average molecular weight is 369 g/mol. The van der Waals surface area contributed by atoms with E-state index in [1.807, 2.05) is 0 Å². The number of benzene rings is 2. The fourth-order valence-electron chi connectivity index (χ4n) is 2.52. The van der Waals surface area contributed by atoms with E-state index in [9.17, 15) is 19.1 Å². The molecule has 0 radical (unpaired) electrons. The van der Waals surface area contributed by atoms with Gasteiger partial charge in [0.2, 0.25) is 0 Å². The summed E-state index contributed by atoms with van der Waals surface area (Å²) in [6, 6.07) is 12.7. The Bertz CT molecular complexity index is 972. The van der Waals surface area contributed by atoms with Gasteiger partial charge in [0.15, 0.2) is 23.3 Å². The number of amides is 1. The van der Waals surface area contributed by atoms with Crippen LogP contribution in [-0.2, 0) is 4.79 Å². The van der Waals surface area contributed by atoms with Gasteiger partial charge in [0.05, 0.1) is 12.8 Å². The Balaban J connectivity index is 1.81. The molecule has 0 aliphatic rings. The highest BCUT2D eigenvalue weighted by Gasteiger charge is 2.23. The number of hydrogen-bond donors (Lipinski definition) is 2. The molecule has 0 aliphatic carbocycles. The van der Waals surface area contributed by atoms with Crippen LogP contribution in [0.2, 0.25) is 0 Å². The van der Waals surface area contributed by atoms with Gasteiger partial charge in [-0.1, -0.05) is 30.3 Å². The predicted octanol–water partition coefficient (Wildman–Crippen LogP) is 2.58. The van der Waals surface area contributed by atoms with Crippen LogP contribution in [0, 0.1) is 5.82 Å². The number of hydrogen-bond acceptors (Lipinski definition) is 4. The lowest BCUT2D eigenvalue weighted by molar-refractivity contribution is -0.139. The Morgan fingerprint density at radius 3 is 2.59 bits per heavy atom. The van der Waals surface area contributed by atoms with E-state index in [-0.39, 0.29) is 11.4 Å². The molecule has 3 aromatic rings. The summed E-state index contributed by atoms with van der Waals surface area (Å²) in [6.45, 7) is 0. The van der Waals surface area contributed by atoms with E-state index in [0.717, 1.165) is 0 Å². The standard InChI is InChI=1S/C19H16FN3O4/c1-27-16-11-13(7-8-14(16)20)23-10-9-15(22-23)18(24)21-17(19(25)26)12-5-3-2-4-6-12/h2-11,17H,1H3,(H,21,24)(H,25,26). The minimum atomic E-state index is -1.20. The Morgan fingerprint density at radius 1 is 1.19 bits per heavy atom. The third kappa shape index (κ3) is 3.95. The molecule has 138 valence electrons. The Kier molecular flexibility index (Phi) is 5.16. The highest BCUT2D eigenvalue weighted by molar-refractivity contribution is 5.95. The zero-order chi connectivity index (χ0) is 19.4. The number of carbonyl (C=O) groups is 2. The van der Waals surface area contributed by atoms with E-state index < -0.39 is 23.7 Å². The maximum Gasteiger partial charge on any atom is 0.330 e. The van der Waals surface area contributed by atoms with Gasteiger partial charge in [0, 0.05) is 12.3 Å². The maximum absolute atomic E-state index is 13.5. The van der Waals surface area contributed by atoms with E-state index in [1.165, 1.54) is 42.3 Å². The smallest absolute Gasteiger partial charge is 0.330 e. The minimum absolute atomic E-state index is 0.0282. The van der Waals surface area contributed by atoms with Gasteiger partial charge in [-0.25, -0.2) is 13.9 Å². The molecular weight excluding hydrogens is 353 g/mol. The van der Waals surface area contributed by atoms with Crippen molar-refractivity contribution in [2.45, 2.75) is 6.04 Å². The first-order valence-corrected chi connectivity index (χ1v) is 7.98. The summed E-state index contributed by atoms with van der Waals surface area (Å²) >= 11 is 0. The number of carboxylic acid groups (broad SMARTS) is 1. The molecule has 0 bridgehead atoms. The lowest BCUT2D eigenvalue weighted by Gasteiger charge is -2.14. The fourth-order valence-corrected chi connectivity index (χ4v) is 2.52. The number of aromatic nitrogens is 2. The lowest BCUT2D eigenvalue weighted by Crippen LogP contribution is -2.34. The van der Waals surface area contributed by atoms with Crippen LogP contribution in [0.5, 0.6) is 5.75 Å². The normalized spacial score (nSPS) is 11.6. The van der Waals surface area contributed by atoms with Crippen molar-refractivity contribution in [1.82, 2.24) is 15.1 Å². The number of nitrogens with zero attached hydrogens (tertiary/aromatic N) is 2. The molecule has 0 spiro atoms. The molecule has 1 heterocycles. The van der Waals surface area contributed by atoms with Gasteiger partial charge >= 0.3 is 5.97 Å². The van der Waals surface area contributed by atoms with Crippen molar-refractivity contribution in [1.29, 1.82) is 0 Å². The Hall–Kier alpha value is -3.68. The van der Waals surface area contributed by atoms with Crippen molar-refractivity contribution >= 4 is 11.9 Å². The summed E-state index contributed by atoms with van der Waals surface area (Å²) in [7, 11) is 1.35. The van der Waals surface area contributed by atoms with Crippen LogP contribution in [0.1, 0.15) is 22.1 Å². The molecule has 8 heteroatoms. The quantitative estimate of drug-likeness (QED) is 0.697. The molecule has 1 atom stereocenters. The van der Waals surface area contributed by atoms with E-state index >= 15 is 0 Å². The largest absolute Gasteiger partial charge is 0.494 e. The number of aliphatic carboxylic acids is 1. The van der Waals surface area contributed by atoms with Gasteiger partial charge < -0.3 is 15.2 Å². The molecule has 7 nitrogen and oxygen atoms in total. The van der Waals surface area contributed by atoms with E-state index in [1.54, 1.807) is 30.3 Å². The Labute approximate surface area is 154 Å². The van der Waals surface area contributed by atoms with Crippen LogP contribution in [0.15, 0.2) is 60.8 Å². The topological polar surface area (TPSA) is 93.5 Å². The van der Waals surface area contributed by atoms with Crippen LogP contribution in [0.25, 0.3) is 5.69 Å². The van der Waals surface area contributed by atoms with Crippen molar-refractivity contribution in [2.75, 3.05) is 7.11 Å². The maximum atomic E-state index is 13.5. The average Bonchev–Trinajstić information content (AvgIpc) is 3.17. The van der Waals surface area contributed by atoms with Gasteiger partial charge in [-0.05, 0) is 23.8 Å². The third-order valence-electron chi connectivity index (χ3n) is 3.88. The number of methoxy groups -OCH3 is 1. The number of halogens is 1. The first-order chi connectivity index (χ1) is 13.0. The fraction of sp³-hybridized carbons (Fsp3) is 0.105. The molecule has 27 heavy (non-hydrogen) atoms. The number of nitrogens with one attached hydrogen (secondary N) is 1. The molecule has 0 saturated heterocycles. The van der Waals surface area contributed by atoms with Crippen molar-refractivity contribution in [2.24, 2.45) is 0 Å². The second-order valence-corrected chi connectivity index (χ2v) is 5.62. The monoisotopic (exact) mass is 369 g/mol. The SMILES string of the molecule is COc1cc(-n2ccc(C(=O)NC(C(=O)O)c3ccccc3)n2)ccc1F. The summed E-state index contributed by atoms with van der Waals surface area (Å²) in [5.74, 6) is -2.29. The first-order valence-electron chi connectivity index (χ1n) is 7.98. The summed E-state index contributed by atoms with van der Waals surface area (Å²) in [6.07, 6.45) is 1.51. The second-order valence-electron chi connectivity index (χ2n) is 5.62. The van der Waals surface area contributed by atoms with Gasteiger partial charge in [0.25, 0.3) is 5.91 Å². The summed E-state index contributed by atoms with van der Waals surface area (Å²) in [4.78, 5) is 23.9. The molecule has 3 rings (SSSR count). The number of carboxylic acids is 1. The molecule has 0 fully saturated rings. The van der Waals surface area contributed by atoms with Gasteiger partial charge in [-0.3, -0.25) is 4.79 Å². The van der Waals surface area contributed by atoms with Crippen LogP contribution in [-0.4, -0.2) is 33.9 Å². The van der Waals surface area contributed by atoms with Crippen LogP contribution < -0.4 is 10.1 Å². The highest BCUT2D eigenvalue weighted by Crippen LogP contribution is 2.21. The molecular formula is C19H16FN3O4. The molecule has 2 N–H and O–H groups in total. The van der Waals surface area contributed by atoms with Gasteiger partial charge in [-0.15, -0.1) is 0 Å². The van der Waals surface area contributed by atoms with E-state index in [4.69, 9.17) is 4.74 Å². The first kappa shape index (κ1) is 18.1. The minimum Gasteiger partial charge on any atom is -0.494 e. The van der Waals surface area contributed by atoms with Crippen molar-refractivity contribution in [3.05, 3.63) is 77.9 Å². The zero-order valence-electron chi connectivity index (χ0n) is 14.3. The third-order valence-corrected chi connectivity index (χ3v) is 3.88. The molecule has 1 unspecified atom stereocenters. The van der Waals surface area contributed by atoms with Crippen LogP contribution in [0.3, 0.4) is 0 Å². The zero-order valence-corrected chi connectivity index (χ0v) is 14.3. The summed E-state index contributed by atoms with van der Waals surface area (Å²) in [5, 5.41) is 16.0. The highest BCUT2D eigenvalue weighted by atomic mass is 19.1. The molecule has 2 aromatic carbocycles. The molecule has 1 aromatic heterocycles. The summed E-state index contributed by atoms with van der Waals surface area (Å²) in [5.41, 5.74) is 0.965. The van der Waals surface area contributed by atoms with Crippen LogP contribution in [0.4, 0.5) is 4.39 Å². The van der Waals surface area contributed by atoms with Crippen molar-refractivity contribution in [3.8, 4) is 11.4 Å². The second kappa shape index (κ2) is 7.69. The van der Waals surface area contributed by atoms with Crippen LogP contribution >= 0.6 is 0 Å². The molecule has 0 saturated carbocycles. The molecule has 0 aliphatic heterocycles. The van der Waals surface area contributed by atoms with Crippen molar-refractivity contribution < 1.29 is 23.8 Å². The lowest BCUT2D eigenvalue weighted by atomic mass is 10.1. The Morgan fingerprint density at radius 2 is 1.93 bits per heavy atom. The van der Waals surface area contributed by atoms with E-state index in [0.29, 0.717) is 11.3 Å². The number of carbonyl (C=O) groups excluding carboxylic acids is 1. The number of ether oxygens (including phenoxy) is 1. The summed E-state index contributed by atoms with van der Waals surface area (Å²) < 4.78 is 19.8. The van der Waals surface area contributed by atoms with Gasteiger partial charge in [0.1, 0.15) is 0 Å².